The molecule has 5 heteroatoms. The molecule has 1 aliphatic carbocycles. The summed E-state index contributed by atoms with van der Waals surface area (Å²) < 4.78 is 2.07. The Kier molecular flexibility index (Phi) is 4.60. The van der Waals surface area contributed by atoms with Crippen molar-refractivity contribution in [3.63, 3.8) is 0 Å². The van der Waals surface area contributed by atoms with Gasteiger partial charge in [-0.2, -0.15) is 0 Å². The molecule has 1 fully saturated rings. The number of carbonyl (C=O) groups is 2. The number of aliphatic carboxylic acids is 1. The van der Waals surface area contributed by atoms with Crippen LogP contribution in [0.2, 0.25) is 0 Å². The van der Waals surface area contributed by atoms with Crippen molar-refractivity contribution >= 4 is 22.8 Å². The van der Waals surface area contributed by atoms with Gasteiger partial charge in [0.1, 0.15) is 5.69 Å². The molecule has 1 heterocycles. The Morgan fingerprint density at radius 1 is 1.33 bits per heavy atom. The van der Waals surface area contributed by atoms with Gasteiger partial charge in [0.15, 0.2) is 0 Å². The summed E-state index contributed by atoms with van der Waals surface area (Å²) in [5, 5.41) is 10.2. The maximum atomic E-state index is 13.2. The van der Waals surface area contributed by atoms with Crippen molar-refractivity contribution in [2.45, 2.75) is 45.7 Å². The van der Waals surface area contributed by atoms with Crippen molar-refractivity contribution < 1.29 is 14.7 Å². The van der Waals surface area contributed by atoms with Gasteiger partial charge in [0.05, 0.1) is 5.92 Å². The molecule has 0 spiro atoms. The number of rotatable bonds is 7. The van der Waals surface area contributed by atoms with Crippen LogP contribution in [0.15, 0.2) is 30.3 Å². The maximum Gasteiger partial charge on any atom is 0.308 e. The first-order valence-corrected chi connectivity index (χ1v) is 8.65. The van der Waals surface area contributed by atoms with E-state index in [1.54, 1.807) is 11.8 Å². The molecule has 1 atom stereocenters. The van der Waals surface area contributed by atoms with E-state index in [4.69, 9.17) is 0 Å². The molecule has 0 saturated heterocycles. The molecule has 128 valence electrons. The lowest BCUT2D eigenvalue weighted by molar-refractivity contribution is -0.141. The van der Waals surface area contributed by atoms with E-state index in [9.17, 15) is 14.7 Å². The van der Waals surface area contributed by atoms with Crippen LogP contribution in [0.5, 0.6) is 0 Å². The minimum absolute atomic E-state index is 0.0461. The zero-order valence-corrected chi connectivity index (χ0v) is 14.2. The Morgan fingerprint density at radius 3 is 2.67 bits per heavy atom. The zero-order valence-electron chi connectivity index (χ0n) is 14.2. The fraction of sp³-hybridized carbons (Fsp3) is 0.474. The van der Waals surface area contributed by atoms with Gasteiger partial charge in [-0.1, -0.05) is 32.0 Å². The van der Waals surface area contributed by atoms with Gasteiger partial charge >= 0.3 is 5.97 Å². The fourth-order valence-corrected chi connectivity index (χ4v) is 3.16. The van der Waals surface area contributed by atoms with Crippen molar-refractivity contribution in [1.29, 1.82) is 0 Å². The number of aryl methyl sites for hydroxylation is 1. The van der Waals surface area contributed by atoms with Gasteiger partial charge in [-0.15, -0.1) is 0 Å². The van der Waals surface area contributed by atoms with E-state index in [1.807, 2.05) is 30.3 Å². The quantitative estimate of drug-likeness (QED) is 0.847. The number of para-hydroxylation sites is 1. The summed E-state index contributed by atoms with van der Waals surface area (Å²) in [6.07, 6.45) is 2.87. The topological polar surface area (TPSA) is 62.5 Å². The lowest BCUT2D eigenvalue weighted by Gasteiger charge is -2.25. The van der Waals surface area contributed by atoms with Gasteiger partial charge in [-0.05, 0) is 31.4 Å². The van der Waals surface area contributed by atoms with Crippen LogP contribution in [0.1, 0.15) is 43.6 Å². The standard InChI is InChI=1S/C19H24N2O3/c1-3-10-20-16-7-5-4-6-14(16)11-17(20)18(22)21(15-8-9-15)12-13(2)19(23)24/h4-7,11,13,15H,3,8-10,12H2,1-2H3,(H,23,24). The number of fused-ring (bicyclic) bond motifs is 1. The number of carbonyl (C=O) groups excluding carboxylic acids is 1. The molecule has 1 aromatic heterocycles. The third-order valence-corrected chi connectivity index (χ3v) is 4.62. The summed E-state index contributed by atoms with van der Waals surface area (Å²) in [7, 11) is 0. The second-order valence-electron chi connectivity index (χ2n) is 6.67. The molecule has 1 aliphatic rings. The number of carboxylic acids is 1. The maximum absolute atomic E-state index is 13.2. The van der Waals surface area contributed by atoms with Gasteiger partial charge in [0.25, 0.3) is 5.91 Å². The summed E-state index contributed by atoms with van der Waals surface area (Å²) in [6, 6.07) is 10.1. The highest BCUT2D eigenvalue weighted by molar-refractivity contribution is 5.99. The van der Waals surface area contributed by atoms with Crippen molar-refractivity contribution in [2.24, 2.45) is 5.92 Å². The number of amides is 1. The van der Waals surface area contributed by atoms with Crippen LogP contribution >= 0.6 is 0 Å². The van der Waals surface area contributed by atoms with E-state index in [-0.39, 0.29) is 18.5 Å². The van der Waals surface area contributed by atoms with Gasteiger partial charge < -0.3 is 14.6 Å². The summed E-state index contributed by atoms with van der Waals surface area (Å²) in [5.41, 5.74) is 1.73. The first kappa shape index (κ1) is 16.6. The highest BCUT2D eigenvalue weighted by Gasteiger charge is 2.36. The Balaban J connectivity index is 1.96. The Labute approximate surface area is 141 Å². The molecule has 2 aromatic rings. The van der Waals surface area contributed by atoms with Crippen molar-refractivity contribution in [3.05, 3.63) is 36.0 Å². The predicted molar refractivity (Wildman–Crippen MR) is 93.1 cm³/mol. The summed E-state index contributed by atoms with van der Waals surface area (Å²) >= 11 is 0. The molecule has 1 amide bonds. The summed E-state index contributed by atoms with van der Waals surface area (Å²) in [4.78, 5) is 26.1. The number of nitrogens with zero attached hydrogens (tertiary/aromatic N) is 2. The van der Waals surface area contributed by atoms with E-state index in [2.05, 4.69) is 11.5 Å². The van der Waals surface area contributed by atoms with Crippen LogP contribution in [-0.2, 0) is 11.3 Å². The van der Waals surface area contributed by atoms with Crippen molar-refractivity contribution in [2.75, 3.05) is 6.54 Å². The Bertz CT molecular complexity index is 761. The molecule has 1 unspecified atom stereocenters. The first-order chi connectivity index (χ1) is 11.5. The monoisotopic (exact) mass is 328 g/mol. The van der Waals surface area contributed by atoms with Crippen LogP contribution in [0, 0.1) is 5.92 Å². The highest BCUT2D eigenvalue weighted by atomic mass is 16.4. The minimum atomic E-state index is -0.859. The lowest BCUT2D eigenvalue weighted by atomic mass is 10.1. The molecule has 3 rings (SSSR count). The van der Waals surface area contributed by atoms with Crippen molar-refractivity contribution in [1.82, 2.24) is 9.47 Å². The lowest BCUT2D eigenvalue weighted by Crippen LogP contribution is -2.39. The van der Waals surface area contributed by atoms with Crippen LogP contribution in [0.25, 0.3) is 10.9 Å². The normalized spacial score (nSPS) is 15.4. The van der Waals surface area contributed by atoms with Gasteiger partial charge in [0, 0.05) is 30.0 Å². The van der Waals surface area contributed by atoms with Crippen LogP contribution < -0.4 is 0 Å². The van der Waals surface area contributed by atoms with E-state index in [0.29, 0.717) is 5.69 Å². The fourth-order valence-electron chi connectivity index (χ4n) is 3.16. The van der Waals surface area contributed by atoms with Crippen LogP contribution in [-0.4, -0.2) is 39.0 Å². The first-order valence-electron chi connectivity index (χ1n) is 8.65. The molecular weight excluding hydrogens is 304 g/mol. The van der Waals surface area contributed by atoms with Gasteiger partial charge in [0.2, 0.25) is 0 Å². The highest BCUT2D eigenvalue weighted by Crippen LogP contribution is 2.30. The number of carboxylic acid groups (broad SMARTS) is 1. The molecule has 0 aliphatic heterocycles. The largest absolute Gasteiger partial charge is 0.481 e. The van der Waals surface area contributed by atoms with Crippen LogP contribution in [0.3, 0.4) is 0 Å². The summed E-state index contributed by atoms with van der Waals surface area (Å²) in [6.45, 7) is 4.80. The molecule has 0 bridgehead atoms. The van der Waals surface area contributed by atoms with Gasteiger partial charge in [-0.25, -0.2) is 0 Å². The van der Waals surface area contributed by atoms with Crippen LogP contribution in [0.4, 0.5) is 0 Å². The third-order valence-electron chi connectivity index (χ3n) is 4.62. The molecule has 1 saturated carbocycles. The summed E-state index contributed by atoms with van der Waals surface area (Å²) in [5.74, 6) is -1.46. The SMILES string of the molecule is CCCn1c(C(=O)N(CC(C)C(=O)O)C2CC2)cc2ccccc21. The van der Waals surface area contributed by atoms with Crippen molar-refractivity contribution in [3.8, 4) is 0 Å². The average Bonchev–Trinajstić information content (AvgIpc) is 3.34. The second-order valence-corrected chi connectivity index (χ2v) is 6.67. The molecule has 5 nitrogen and oxygen atoms in total. The smallest absolute Gasteiger partial charge is 0.308 e. The Hall–Kier alpha value is -2.30. The number of hydrogen-bond acceptors (Lipinski definition) is 2. The minimum Gasteiger partial charge on any atom is -0.481 e. The Morgan fingerprint density at radius 2 is 2.04 bits per heavy atom. The average molecular weight is 328 g/mol. The molecular formula is C19H24N2O3. The zero-order chi connectivity index (χ0) is 17.3. The van der Waals surface area contributed by atoms with E-state index >= 15 is 0 Å². The third kappa shape index (κ3) is 3.16. The number of benzene rings is 1. The van der Waals surface area contributed by atoms with E-state index < -0.39 is 11.9 Å². The van der Waals surface area contributed by atoms with E-state index in [1.165, 1.54) is 0 Å². The predicted octanol–water partition coefficient (Wildman–Crippen LogP) is 3.38. The number of aromatic nitrogens is 1. The van der Waals surface area contributed by atoms with E-state index in [0.717, 1.165) is 36.7 Å². The molecule has 0 radical (unpaired) electrons. The molecule has 1 N–H and O–H groups in total. The molecule has 1 aromatic carbocycles. The van der Waals surface area contributed by atoms with Gasteiger partial charge in [-0.3, -0.25) is 9.59 Å². The molecule has 24 heavy (non-hydrogen) atoms. The second kappa shape index (κ2) is 6.67. The number of hydrogen-bond donors (Lipinski definition) is 1.